The van der Waals surface area contributed by atoms with Gasteiger partial charge in [-0.3, -0.25) is 0 Å². The maximum atomic E-state index is 11.2. The van der Waals surface area contributed by atoms with Crippen LogP contribution in [0.2, 0.25) is 0 Å². The predicted octanol–water partition coefficient (Wildman–Crippen LogP) is 5.43. The third-order valence-corrected chi connectivity index (χ3v) is 6.67. The smallest absolute Gasteiger partial charge is 0.137 e. The van der Waals surface area contributed by atoms with Crippen LogP contribution in [0.15, 0.2) is 30.3 Å². The minimum atomic E-state index is -0.871. The molecule has 0 saturated carbocycles. The average molecular weight is 366 g/mol. The lowest BCUT2D eigenvalue weighted by atomic mass is 9.78. The molecule has 1 N–H and O–H groups in total. The molecule has 0 aromatic heterocycles. The van der Waals surface area contributed by atoms with Crippen molar-refractivity contribution in [1.82, 2.24) is 0 Å². The summed E-state index contributed by atoms with van der Waals surface area (Å²) in [7, 11) is 6.33. The van der Waals surface area contributed by atoms with Crippen LogP contribution in [0.3, 0.4) is 0 Å². The van der Waals surface area contributed by atoms with Crippen LogP contribution < -0.4 is 4.74 Å². The van der Waals surface area contributed by atoms with Crippen LogP contribution in [0, 0.1) is 27.7 Å². The molecule has 2 radical (unpaired) electrons. The Kier molecular flexibility index (Phi) is 3.46. The number of ether oxygens (including phenoxy) is 1. The van der Waals surface area contributed by atoms with Crippen molar-refractivity contribution in [3.8, 4) is 16.9 Å². The van der Waals surface area contributed by atoms with Crippen LogP contribution in [0.25, 0.3) is 28.0 Å². The van der Waals surface area contributed by atoms with Crippen molar-refractivity contribution in [3.63, 3.8) is 0 Å². The van der Waals surface area contributed by atoms with Gasteiger partial charge in [-0.2, -0.15) is 0 Å². The van der Waals surface area contributed by atoms with Crippen molar-refractivity contribution in [3.05, 3.63) is 69.3 Å². The second-order valence-electron chi connectivity index (χ2n) is 8.39. The first kappa shape index (κ1) is 17.6. The van der Waals surface area contributed by atoms with Crippen LogP contribution in [0.5, 0.6) is 5.75 Å². The summed E-state index contributed by atoms with van der Waals surface area (Å²) < 4.78 is 6.32. The summed E-state index contributed by atoms with van der Waals surface area (Å²) >= 11 is 0. The molecule has 3 aromatic rings. The fraction of sp³-hybridized carbons (Fsp3) is 0.280. The minimum absolute atomic E-state index is 0.666. The molecule has 1 aliphatic carbocycles. The van der Waals surface area contributed by atoms with Crippen LogP contribution >= 0.6 is 0 Å². The summed E-state index contributed by atoms with van der Waals surface area (Å²) in [6, 6.07) is 8.15. The van der Waals surface area contributed by atoms with Crippen molar-refractivity contribution in [2.75, 3.05) is 0 Å². The van der Waals surface area contributed by atoms with E-state index >= 15 is 0 Å². The molecule has 5 rings (SSSR count). The first-order valence-corrected chi connectivity index (χ1v) is 9.77. The molecule has 3 aromatic carbocycles. The topological polar surface area (TPSA) is 29.5 Å². The Balaban J connectivity index is 2.08. The van der Waals surface area contributed by atoms with Gasteiger partial charge in [0.2, 0.25) is 0 Å². The molecular weight excluding hydrogens is 343 g/mol. The van der Waals surface area contributed by atoms with E-state index in [4.69, 9.17) is 12.6 Å². The van der Waals surface area contributed by atoms with Gasteiger partial charge in [-0.05, 0) is 78.9 Å². The summed E-state index contributed by atoms with van der Waals surface area (Å²) in [5, 5.41) is 13.5. The van der Waals surface area contributed by atoms with Crippen molar-refractivity contribution in [1.29, 1.82) is 0 Å². The van der Waals surface area contributed by atoms with E-state index in [0.29, 0.717) is 0 Å². The van der Waals surface area contributed by atoms with Gasteiger partial charge in [0.15, 0.2) is 0 Å². The van der Waals surface area contributed by atoms with Crippen LogP contribution in [-0.2, 0) is 0 Å². The lowest BCUT2D eigenvalue weighted by Crippen LogP contribution is -2.32. The van der Waals surface area contributed by atoms with Gasteiger partial charge >= 0.3 is 0 Å². The Morgan fingerprint density at radius 2 is 1.61 bits per heavy atom. The molecule has 0 fully saturated rings. The maximum Gasteiger partial charge on any atom is 0.137 e. The van der Waals surface area contributed by atoms with Gasteiger partial charge in [0.05, 0.1) is 5.50 Å². The molecule has 0 saturated heterocycles. The van der Waals surface area contributed by atoms with Gasteiger partial charge in [0, 0.05) is 16.5 Å². The standard InChI is InChI=1S/C25H23BO2/c1-12-13(2)15(4)20-19(14(12)3)21-16-8-6-7-9-17(16)23(27)22(21)18-10-11-25(5,26)28-24(18)20/h6-11,23,27H,1-5H3. The molecule has 1 heterocycles. The first-order chi connectivity index (χ1) is 13.2. The van der Waals surface area contributed by atoms with E-state index < -0.39 is 11.6 Å². The Hall–Kier alpha value is -2.52. The molecule has 1 aliphatic heterocycles. The SMILES string of the molecule is [B]C1(C)C=Cc2c3c(c4c(C)c(C)c(C)c(C)c4c2O1)-c1ccccc1C3O. The lowest BCUT2D eigenvalue weighted by Gasteiger charge is -2.33. The fourth-order valence-electron chi connectivity index (χ4n) is 4.89. The Bertz CT molecular complexity index is 1220. The van der Waals surface area contributed by atoms with E-state index in [1.807, 2.05) is 37.3 Å². The quantitative estimate of drug-likeness (QED) is 0.538. The highest BCUT2D eigenvalue weighted by atomic mass is 16.5. The summed E-state index contributed by atoms with van der Waals surface area (Å²) in [4.78, 5) is 0. The number of aliphatic hydroxyl groups is 1. The van der Waals surface area contributed by atoms with Gasteiger partial charge in [0.25, 0.3) is 0 Å². The third kappa shape index (κ3) is 2.08. The number of hydrogen-bond donors (Lipinski definition) is 1. The number of aryl methyl sites for hydroxylation is 2. The van der Waals surface area contributed by atoms with E-state index in [1.54, 1.807) is 0 Å². The van der Waals surface area contributed by atoms with E-state index in [9.17, 15) is 5.11 Å². The van der Waals surface area contributed by atoms with Gasteiger partial charge in [-0.1, -0.05) is 36.4 Å². The van der Waals surface area contributed by atoms with Gasteiger partial charge in [-0.15, -0.1) is 0 Å². The zero-order valence-corrected chi connectivity index (χ0v) is 17.0. The summed E-state index contributed by atoms with van der Waals surface area (Å²) in [5.74, 6) is 0.789. The molecule has 3 heteroatoms. The summed E-state index contributed by atoms with van der Waals surface area (Å²) in [6.07, 6.45) is 3.23. The molecule has 2 unspecified atom stereocenters. The normalized spacial score (nSPS) is 22.0. The average Bonchev–Trinajstić information content (AvgIpc) is 2.96. The molecule has 2 nitrogen and oxygen atoms in total. The van der Waals surface area contributed by atoms with Gasteiger partial charge in [0.1, 0.15) is 19.7 Å². The van der Waals surface area contributed by atoms with Gasteiger partial charge < -0.3 is 9.84 Å². The summed E-state index contributed by atoms with van der Waals surface area (Å²) in [6.45, 7) is 10.5. The highest BCUT2D eigenvalue weighted by molar-refractivity contribution is 6.18. The van der Waals surface area contributed by atoms with Gasteiger partial charge in [-0.25, -0.2) is 0 Å². The first-order valence-electron chi connectivity index (χ1n) is 9.77. The Morgan fingerprint density at radius 1 is 0.964 bits per heavy atom. The number of hydrogen-bond acceptors (Lipinski definition) is 2. The Morgan fingerprint density at radius 3 is 2.32 bits per heavy atom. The largest absolute Gasteiger partial charge is 0.492 e. The van der Waals surface area contributed by atoms with Crippen molar-refractivity contribution >= 4 is 24.7 Å². The van der Waals surface area contributed by atoms with Crippen LogP contribution in [-0.4, -0.2) is 18.5 Å². The van der Waals surface area contributed by atoms with Crippen LogP contribution in [0.1, 0.15) is 52.0 Å². The monoisotopic (exact) mass is 366 g/mol. The molecule has 28 heavy (non-hydrogen) atoms. The maximum absolute atomic E-state index is 11.2. The van der Waals surface area contributed by atoms with E-state index in [1.165, 1.54) is 27.6 Å². The molecule has 0 amide bonds. The zero-order chi connectivity index (χ0) is 20.0. The van der Waals surface area contributed by atoms with Crippen molar-refractivity contribution in [2.45, 2.75) is 46.2 Å². The second-order valence-corrected chi connectivity index (χ2v) is 8.39. The number of fused-ring (bicyclic) bond motifs is 8. The minimum Gasteiger partial charge on any atom is -0.492 e. The molecule has 0 bridgehead atoms. The van der Waals surface area contributed by atoms with E-state index in [2.05, 4.69) is 33.8 Å². The predicted molar refractivity (Wildman–Crippen MR) is 116 cm³/mol. The van der Waals surface area contributed by atoms with E-state index in [-0.39, 0.29) is 0 Å². The van der Waals surface area contributed by atoms with Crippen molar-refractivity contribution < 1.29 is 9.84 Å². The highest BCUT2D eigenvalue weighted by Gasteiger charge is 2.37. The number of rotatable bonds is 0. The second kappa shape index (κ2) is 5.51. The number of aliphatic hydroxyl groups excluding tert-OH is 1. The van der Waals surface area contributed by atoms with Crippen LogP contribution in [0.4, 0.5) is 0 Å². The summed E-state index contributed by atoms with van der Waals surface area (Å²) in [5.41, 5.74) is 9.21. The molecular formula is C25H23BO2. The fourth-order valence-corrected chi connectivity index (χ4v) is 4.89. The molecule has 138 valence electrons. The highest BCUT2D eigenvalue weighted by Crippen LogP contribution is 2.55. The molecule has 2 atom stereocenters. The molecule has 0 spiro atoms. The third-order valence-electron chi connectivity index (χ3n) is 6.67. The lowest BCUT2D eigenvalue weighted by molar-refractivity contribution is 0.215. The zero-order valence-electron chi connectivity index (χ0n) is 17.0. The van der Waals surface area contributed by atoms with E-state index in [0.717, 1.165) is 39.0 Å². The van der Waals surface area contributed by atoms with Crippen molar-refractivity contribution in [2.24, 2.45) is 0 Å². The molecule has 2 aliphatic rings. The number of benzene rings is 3. The Labute approximate surface area is 167 Å².